The molecule has 1 aromatic rings. The standard InChI is InChI=1S/C25H41N3/c1-24-11-3-5-21(24)20-9-8-19-7-6-18(15-25(19,2)22(20)10-12-24)23-16-28(17-27-23)14-4-13-26/h16-22H,3-15,26H2,1-2H3/t18?,19?,20-,21-,22-,24-,25-/m0/s1. The summed E-state index contributed by atoms with van der Waals surface area (Å²) < 4.78 is 2.27. The Bertz CT molecular complexity index is 696. The van der Waals surface area contributed by atoms with E-state index in [9.17, 15) is 0 Å². The van der Waals surface area contributed by atoms with Gasteiger partial charge in [0, 0.05) is 18.7 Å². The highest BCUT2D eigenvalue weighted by atomic mass is 15.0. The molecule has 0 amide bonds. The van der Waals surface area contributed by atoms with E-state index in [4.69, 9.17) is 10.7 Å². The summed E-state index contributed by atoms with van der Waals surface area (Å²) in [7, 11) is 0. The average molecular weight is 384 g/mol. The number of nitrogens with two attached hydrogens (primary N) is 1. The Labute approximate surface area is 171 Å². The maximum absolute atomic E-state index is 5.69. The van der Waals surface area contributed by atoms with E-state index in [0.717, 1.165) is 43.2 Å². The molecule has 156 valence electrons. The van der Waals surface area contributed by atoms with Crippen molar-refractivity contribution in [2.75, 3.05) is 6.54 Å². The van der Waals surface area contributed by atoms with Gasteiger partial charge in [0.25, 0.3) is 0 Å². The zero-order chi connectivity index (χ0) is 19.4. The lowest BCUT2D eigenvalue weighted by atomic mass is 9.44. The molecular formula is C25H41N3. The number of aromatic nitrogens is 2. The normalized spacial score (nSPS) is 45.3. The molecule has 3 heteroatoms. The predicted molar refractivity (Wildman–Crippen MR) is 115 cm³/mol. The van der Waals surface area contributed by atoms with Crippen LogP contribution >= 0.6 is 0 Å². The largest absolute Gasteiger partial charge is 0.337 e. The van der Waals surface area contributed by atoms with Gasteiger partial charge in [-0.25, -0.2) is 4.98 Å². The fourth-order valence-electron chi connectivity index (χ4n) is 8.59. The molecule has 3 nitrogen and oxygen atoms in total. The summed E-state index contributed by atoms with van der Waals surface area (Å²) in [6.45, 7) is 7.11. The van der Waals surface area contributed by atoms with E-state index in [1.54, 1.807) is 0 Å². The molecule has 0 aliphatic heterocycles. The number of nitrogens with zero attached hydrogens (tertiary/aromatic N) is 2. The van der Waals surface area contributed by atoms with Gasteiger partial charge in [-0.1, -0.05) is 20.3 Å². The van der Waals surface area contributed by atoms with Gasteiger partial charge < -0.3 is 10.3 Å². The van der Waals surface area contributed by atoms with Crippen molar-refractivity contribution >= 4 is 0 Å². The van der Waals surface area contributed by atoms with Crippen molar-refractivity contribution in [2.45, 2.75) is 96.9 Å². The molecule has 0 bridgehead atoms. The van der Waals surface area contributed by atoms with Gasteiger partial charge in [-0.3, -0.25) is 0 Å². The van der Waals surface area contributed by atoms with Crippen molar-refractivity contribution in [3.63, 3.8) is 0 Å². The highest BCUT2D eigenvalue weighted by molar-refractivity contribution is 5.13. The first-order valence-corrected chi connectivity index (χ1v) is 12.3. The Balaban J connectivity index is 1.36. The summed E-state index contributed by atoms with van der Waals surface area (Å²) in [4.78, 5) is 4.85. The molecule has 4 fully saturated rings. The van der Waals surface area contributed by atoms with Gasteiger partial charge in [-0.05, 0) is 105 Å². The van der Waals surface area contributed by atoms with Crippen molar-refractivity contribution in [1.29, 1.82) is 0 Å². The Morgan fingerprint density at radius 1 is 1.07 bits per heavy atom. The van der Waals surface area contributed by atoms with Crippen LogP contribution in [0.5, 0.6) is 0 Å². The molecule has 7 atom stereocenters. The van der Waals surface area contributed by atoms with Gasteiger partial charge in [-0.2, -0.15) is 0 Å². The molecule has 0 aromatic carbocycles. The summed E-state index contributed by atoms with van der Waals surface area (Å²) in [6.07, 6.45) is 20.2. The van der Waals surface area contributed by atoms with E-state index in [-0.39, 0.29) is 0 Å². The van der Waals surface area contributed by atoms with E-state index in [0.29, 0.717) is 16.7 Å². The number of fused-ring (bicyclic) bond motifs is 5. The van der Waals surface area contributed by atoms with E-state index in [1.807, 2.05) is 6.33 Å². The highest BCUT2D eigenvalue weighted by Crippen LogP contribution is 2.67. The lowest BCUT2D eigenvalue weighted by Gasteiger charge is -2.60. The monoisotopic (exact) mass is 383 g/mol. The SMILES string of the molecule is C[C@@]12CCC[C@H]1[C@@H]1CCC3CCC(c4cn(CCCN)cn4)C[C@]3(C)[C@H]1CC2. The maximum Gasteiger partial charge on any atom is 0.0949 e. The summed E-state index contributed by atoms with van der Waals surface area (Å²) in [5, 5.41) is 0. The molecule has 4 aliphatic rings. The second-order valence-electron chi connectivity index (χ2n) is 11.4. The Kier molecular flexibility index (Phi) is 4.89. The minimum atomic E-state index is 0.552. The molecular weight excluding hydrogens is 342 g/mol. The van der Waals surface area contributed by atoms with Gasteiger partial charge in [0.2, 0.25) is 0 Å². The topological polar surface area (TPSA) is 43.8 Å². The van der Waals surface area contributed by atoms with E-state index in [1.165, 1.54) is 69.9 Å². The minimum absolute atomic E-state index is 0.552. The second kappa shape index (κ2) is 7.15. The average Bonchev–Trinajstić information content (AvgIpc) is 3.31. The first-order valence-electron chi connectivity index (χ1n) is 12.3. The molecule has 0 saturated heterocycles. The molecule has 2 N–H and O–H groups in total. The fraction of sp³-hybridized carbons (Fsp3) is 0.880. The second-order valence-corrected chi connectivity index (χ2v) is 11.4. The Morgan fingerprint density at radius 2 is 1.93 bits per heavy atom. The molecule has 0 radical (unpaired) electrons. The van der Waals surface area contributed by atoms with Gasteiger partial charge in [0.05, 0.1) is 12.0 Å². The zero-order valence-electron chi connectivity index (χ0n) is 18.2. The van der Waals surface area contributed by atoms with Gasteiger partial charge in [0.1, 0.15) is 0 Å². The molecule has 2 unspecified atom stereocenters. The number of rotatable bonds is 4. The van der Waals surface area contributed by atoms with Crippen LogP contribution in [-0.4, -0.2) is 16.1 Å². The van der Waals surface area contributed by atoms with Crippen molar-refractivity contribution < 1.29 is 0 Å². The molecule has 5 rings (SSSR count). The number of imidazole rings is 1. The van der Waals surface area contributed by atoms with Gasteiger partial charge in [-0.15, -0.1) is 0 Å². The fourth-order valence-corrected chi connectivity index (χ4v) is 8.59. The summed E-state index contributed by atoms with van der Waals surface area (Å²) in [6, 6.07) is 0. The minimum Gasteiger partial charge on any atom is -0.337 e. The summed E-state index contributed by atoms with van der Waals surface area (Å²) >= 11 is 0. The summed E-state index contributed by atoms with van der Waals surface area (Å²) in [5.74, 6) is 4.67. The first kappa shape index (κ1) is 19.2. The third kappa shape index (κ3) is 2.99. The molecule has 4 aliphatic carbocycles. The highest BCUT2D eigenvalue weighted by Gasteiger charge is 2.58. The molecule has 4 saturated carbocycles. The molecule has 28 heavy (non-hydrogen) atoms. The smallest absolute Gasteiger partial charge is 0.0949 e. The van der Waals surface area contributed by atoms with Crippen molar-refractivity contribution in [3.8, 4) is 0 Å². The first-order chi connectivity index (χ1) is 13.5. The van der Waals surface area contributed by atoms with E-state index in [2.05, 4.69) is 24.6 Å². The van der Waals surface area contributed by atoms with Crippen LogP contribution in [0.1, 0.15) is 96.1 Å². The van der Waals surface area contributed by atoms with Crippen LogP contribution in [0.3, 0.4) is 0 Å². The van der Waals surface area contributed by atoms with Gasteiger partial charge in [0.15, 0.2) is 0 Å². The van der Waals surface area contributed by atoms with Crippen molar-refractivity contribution in [2.24, 2.45) is 40.2 Å². The quantitative estimate of drug-likeness (QED) is 0.719. The predicted octanol–water partition coefficient (Wildman–Crippen LogP) is 5.75. The molecule has 0 spiro atoms. The number of aryl methyl sites for hydroxylation is 1. The van der Waals surface area contributed by atoms with Crippen LogP contribution in [0.15, 0.2) is 12.5 Å². The molecule has 1 heterocycles. The van der Waals surface area contributed by atoms with Crippen LogP contribution in [0.4, 0.5) is 0 Å². The van der Waals surface area contributed by atoms with Crippen LogP contribution < -0.4 is 5.73 Å². The van der Waals surface area contributed by atoms with Crippen molar-refractivity contribution in [1.82, 2.24) is 9.55 Å². The Hall–Kier alpha value is -0.830. The maximum atomic E-state index is 5.69. The lowest BCUT2D eigenvalue weighted by Crippen LogP contribution is -2.52. The molecule has 1 aromatic heterocycles. The lowest BCUT2D eigenvalue weighted by molar-refractivity contribution is -0.107. The van der Waals surface area contributed by atoms with Gasteiger partial charge >= 0.3 is 0 Å². The third-order valence-electron chi connectivity index (χ3n) is 10.1. The number of hydrogen-bond donors (Lipinski definition) is 1. The summed E-state index contributed by atoms with van der Waals surface area (Å²) in [5.41, 5.74) is 8.29. The van der Waals surface area contributed by atoms with Crippen LogP contribution in [0.2, 0.25) is 0 Å². The van der Waals surface area contributed by atoms with E-state index >= 15 is 0 Å². The van der Waals surface area contributed by atoms with Crippen LogP contribution in [-0.2, 0) is 6.54 Å². The van der Waals surface area contributed by atoms with Crippen molar-refractivity contribution in [3.05, 3.63) is 18.2 Å². The Morgan fingerprint density at radius 3 is 2.79 bits per heavy atom. The van der Waals surface area contributed by atoms with Crippen LogP contribution in [0, 0.1) is 34.5 Å². The van der Waals surface area contributed by atoms with E-state index < -0.39 is 0 Å². The number of hydrogen-bond acceptors (Lipinski definition) is 2. The van der Waals surface area contributed by atoms with Crippen LogP contribution in [0.25, 0.3) is 0 Å². The zero-order valence-corrected chi connectivity index (χ0v) is 18.2. The third-order valence-corrected chi connectivity index (χ3v) is 10.1.